The summed E-state index contributed by atoms with van der Waals surface area (Å²) in [5.41, 5.74) is 7.09. The highest BCUT2D eigenvalue weighted by Crippen LogP contribution is 2.05. The van der Waals surface area contributed by atoms with E-state index in [4.69, 9.17) is 10.9 Å². The summed E-state index contributed by atoms with van der Waals surface area (Å²) in [5.74, 6) is 0.0772. The molecule has 0 atom stereocenters. The lowest BCUT2D eigenvalue weighted by molar-refractivity contribution is 0.318. The maximum atomic E-state index is 8.56. The molecule has 2 aromatic rings. The summed E-state index contributed by atoms with van der Waals surface area (Å²) in [5, 5.41) is 22.7. The van der Waals surface area contributed by atoms with E-state index in [9.17, 15) is 0 Å². The standard InChI is InChI=1S/C9H10N6O/c10-9(13-16)8-3-1-2-7(4-8)5-15-12-6-11-14-15/h1-4,6,16H,5H2,(H2,10,13). The lowest BCUT2D eigenvalue weighted by Crippen LogP contribution is -2.13. The predicted octanol–water partition coefficient (Wildman–Crippen LogP) is -0.184. The first-order valence-corrected chi connectivity index (χ1v) is 4.57. The summed E-state index contributed by atoms with van der Waals surface area (Å²) in [6.07, 6.45) is 1.37. The molecule has 3 N–H and O–H groups in total. The van der Waals surface area contributed by atoms with Crippen LogP contribution in [-0.4, -0.2) is 31.3 Å². The average molecular weight is 218 g/mol. The fourth-order valence-electron chi connectivity index (χ4n) is 1.31. The number of rotatable bonds is 3. The van der Waals surface area contributed by atoms with Gasteiger partial charge in [0.1, 0.15) is 0 Å². The normalized spacial score (nSPS) is 11.6. The van der Waals surface area contributed by atoms with Gasteiger partial charge in [0.05, 0.1) is 6.54 Å². The highest BCUT2D eigenvalue weighted by atomic mass is 16.4. The second-order valence-electron chi connectivity index (χ2n) is 3.15. The predicted molar refractivity (Wildman–Crippen MR) is 55.9 cm³/mol. The third kappa shape index (κ3) is 2.14. The topological polar surface area (TPSA) is 102 Å². The fraction of sp³-hybridized carbons (Fsp3) is 0.111. The van der Waals surface area contributed by atoms with E-state index in [2.05, 4.69) is 20.6 Å². The molecule has 0 unspecified atom stereocenters. The van der Waals surface area contributed by atoms with Gasteiger partial charge in [0.2, 0.25) is 0 Å². The van der Waals surface area contributed by atoms with E-state index in [1.807, 2.05) is 12.1 Å². The average Bonchev–Trinajstić information content (AvgIpc) is 2.81. The number of aromatic nitrogens is 4. The van der Waals surface area contributed by atoms with Crippen molar-refractivity contribution in [3.05, 3.63) is 41.7 Å². The van der Waals surface area contributed by atoms with Crippen LogP contribution in [0.3, 0.4) is 0 Å². The van der Waals surface area contributed by atoms with Crippen LogP contribution < -0.4 is 5.73 Å². The molecular weight excluding hydrogens is 208 g/mol. The van der Waals surface area contributed by atoms with Gasteiger partial charge in [-0.25, -0.2) is 0 Å². The van der Waals surface area contributed by atoms with Gasteiger partial charge >= 0.3 is 0 Å². The minimum absolute atomic E-state index is 0.0772. The molecule has 82 valence electrons. The molecular formula is C9H10N6O. The number of hydrogen-bond donors (Lipinski definition) is 2. The Kier molecular flexibility index (Phi) is 2.77. The second-order valence-corrected chi connectivity index (χ2v) is 3.15. The summed E-state index contributed by atoms with van der Waals surface area (Å²) in [6.45, 7) is 0.493. The Bertz CT molecular complexity index is 492. The Morgan fingerprint density at radius 2 is 2.38 bits per heavy atom. The van der Waals surface area contributed by atoms with E-state index in [1.165, 1.54) is 11.1 Å². The van der Waals surface area contributed by atoms with Crippen LogP contribution in [0.5, 0.6) is 0 Å². The van der Waals surface area contributed by atoms with Crippen molar-refractivity contribution in [3.63, 3.8) is 0 Å². The number of nitrogens with two attached hydrogens (primary N) is 1. The number of benzene rings is 1. The minimum atomic E-state index is 0.0772. The van der Waals surface area contributed by atoms with Crippen LogP contribution in [-0.2, 0) is 6.54 Å². The second kappa shape index (κ2) is 4.39. The van der Waals surface area contributed by atoms with Crippen molar-refractivity contribution in [2.75, 3.05) is 0 Å². The van der Waals surface area contributed by atoms with Crippen LogP contribution in [0.4, 0.5) is 0 Å². The Labute approximate surface area is 91.2 Å². The zero-order valence-electron chi connectivity index (χ0n) is 8.35. The van der Waals surface area contributed by atoms with E-state index < -0.39 is 0 Å². The highest BCUT2D eigenvalue weighted by Gasteiger charge is 2.02. The summed E-state index contributed by atoms with van der Waals surface area (Å²) in [4.78, 5) is 1.45. The van der Waals surface area contributed by atoms with Gasteiger partial charge in [-0.1, -0.05) is 23.4 Å². The minimum Gasteiger partial charge on any atom is -0.409 e. The summed E-state index contributed by atoms with van der Waals surface area (Å²) in [7, 11) is 0. The number of oxime groups is 1. The molecule has 0 saturated heterocycles. The number of amidine groups is 1. The van der Waals surface area contributed by atoms with Gasteiger partial charge in [-0.2, -0.15) is 4.80 Å². The lowest BCUT2D eigenvalue weighted by atomic mass is 10.1. The first kappa shape index (κ1) is 10.1. The van der Waals surface area contributed by atoms with E-state index >= 15 is 0 Å². The smallest absolute Gasteiger partial charge is 0.170 e. The lowest BCUT2D eigenvalue weighted by Gasteiger charge is -2.02. The molecule has 7 heteroatoms. The van der Waals surface area contributed by atoms with Crippen molar-refractivity contribution < 1.29 is 5.21 Å². The van der Waals surface area contributed by atoms with Crippen molar-refractivity contribution in [1.82, 2.24) is 20.2 Å². The van der Waals surface area contributed by atoms with Crippen molar-refractivity contribution >= 4 is 5.84 Å². The third-order valence-corrected chi connectivity index (χ3v) is 2.05. The Morgan fingerprint density at radius 1 is 1.50 bits per heavy atom. The third-order valence-electron chi connectivity index (χ3n) is 2.05. The summed E-state index contributed by atoms with van der Waals surface area (Å²) in [6, 6.07) is 7.28. The summed E-state index contributed by atoms with van der Waals surface area (Å²) < 4.78 is 0. The van der Waals surface area contributed by atoms with Crippen molar-refractivity contribution in [1.29, 1.82) is 0 Å². The van der Waals surface area contributed by atoms with Crippen molar-refractivity contribution in [3.8, 4) is 0 Å². The van der Waals surface area contributed by atoms with Gasteiger partial charge < -0.3 is 10.9 Å². The number of tetrazole rings is 1. The first-order valence-electron chi connectivity index (χ1n) is 4.57. The Balaban J connectivity index is 2.23. The molecule has 16 heavy (non-hydrogen) atoms. The fourth-order valence-corrected chi connectivity index (χ4v) is 1.31. The van der Waals surface area contributed by atoms with Gasteiger partial charge in [0.15, 0.2) is 12.2 Å². The van der Waals surface area contributed by atoms with Crippen molar-refractivity contribution in [2.45, 2.75) is 6.54 Å². The zero-order valence-corrected chi connectivity index (χ0v) is 8.35. The van der Waals surface area contributed by atoms with Crippen LogP contribution in [0.25, 0.3) is 0 Å². The molecule has 0 saturated carbocycles. The summed E-state index contributed by atoms with van der Waals surface area (Å²) >= 11 is 0. The van der Waals surface area contributed by atoms with E-state index in [1.54, 1.807) is 12.1 Å². The van der Waals surface area contributed by atoms with Crippen LogP contribution in [0, 0.1) is 0 Å². The van der Waals surface area contributed by atoms with Gasteiger partial charge in [0.25, 0.3) is 0 Å². The van der Waals surface area contributed by atoms with Crippen LogP contribution >= 0.6 is 0 Å². The molecule has 0 aliphatic heterocycles. The molecule has 1 heterocycles. The molecule has 0 amide bonds. The molecule has 7 nitrogen and oxygen atoms in total. The van der Waals surface area contributed by atoms with Gasteiger partial charge in [0, 0.05) is 5.56 Å². The van der Waals surface area contributed by atoms with Crippen molar-refractivity contribution in [2.24, 2.45) is 10.9 Å². The Hall–Kier alpha value is -2.44. The molecule has 1 aromatic carbocycles. The Morgan fingerprint density at radius 3 is 3.06 bits per heavy atom. The largest absolute Gasteiger partial charge is 0.409 e. The highest BCUT2D eigenvalue weighted by molar-refractivity contribution is 5.97. The molecule has 0 spiro atoms. The van der Waals surface area contributed by atoms with E-state index in [0.717, 1.165) is 5.56 Å². The van der Waals surface area contributed by atoms with Crippen LogP contribution in [0.1, 0.15) is 11.1 Å². The zero-order chi connectivity index (χ0) is 11.4. The van der Waals surface area contributed by atoms with E-state index in [0.29, 0.717) is 12.1 Å². The van der Waals surface area contributed by atoms with E-state index in [-0.39, 0.29) is 5.84 Å². The monoisotopic (exact) mass is 218 g/mol. The SMILES string of the molecule is NC(=NO)c1cccc(Cn2ncnn2)c1. The molecule has 0 aliphatic carbocycles. The van der Waals surface area contributed by atoms with Crippen LogP contribution in [0.15, 0.2) is 35.7 Å². The molecule has 2 rings (SSSR count). The molecule has 0 aliphatic rings. The van der Waals surface area contributed by atoms with Crippen LogP contribution in [0.2, 0.25) is 0 Å². The van der Waals surface area contributed by atoms with Gasteiger partial charge in [-0.3, -0.25) is 0 Å². The molecule has 1 aromatic heterocycles. The maximum Gasteiger partial charge on any atom is 0.170 e. The molecule has 0 fully saturated rings. The number of hydrogen-bond acceptors (Lipinski definition) is 5. The maximum absolute atomic E-state index is 8.56. The number of nitrogens with zero attached hydrogens (tertiary/aromatic N) is 5. The molecule has 0 bridgehead atoms. The van der Waals surface area contributed by atoms with Gasteiger partial charge in [-0.15, -0.1) is 10.2 Å². The molecule has 0 radical (unpaired) electrons. The van der Waals surface area contributed by atoms with Gasteiger partial charge in [-0.05, 0) is 16.8 Å². The first-order chi connectivity index (χ1) is 7.79. The quantitative estimate of drug-likeness (QED) is 0.322.